The monoisotopic (exact) mass is 726 g/mol. The fourth-order valence-electron chi connectivity index (χ4n) is 5.40. The van der Waals surface area contributed by atoms with Crippen molar-refractivity contribution in [2.24, 2.45) is 0 Å². The van der Waals surface area contributed by atoms with Crippen LogP contribution in [0, 0.1) is 6.07 Å². The molecule has 0 saturated carbocycles. The van der Waals surface area contributed by atoms with Gasteiger partial charge in [-0.3, -0.25) is 9.55 Å². The molecule has 7 rings (SSSR count). The van der Waals surface area contributed by atoms with Crippen molar-refractivity contribution >= 4 is 39.1 Å². The van der Waals surface area contributed by atoms with Crippen LogP contribution in [-0.4, -0.2) is 19.6 Å². The second kappa shape index (κ2) is 11.6. The first-order chi connectivity index (χ1) is 20.2. The van der Waals surface area contributed by atoms with Crippen molar-refractivity contribution in [3.63, 3.8) is 0 Å². The van der Waals surface area contributed by atoms with Crippen LogP contribution in [0.4, 0.5) is 17.2 Å². The van der Waals surface area contributed by atoms with Gasteiger partial charge in [0.2, 0.25) is 0 Å². The number of para-hydroxylation sites is 4. The number of benzene rings is 4. The predicted molar refractivity (Wildman–Crippen MR) is 166 cm³/mol. The van der Waals surface area contributed by atoms with Gasteiger partial charge in [0.25, 0.3) is 0 Å². The molecule has 0 radical (unpaired) electrons. The molecule has 3 aromatic heterocycles. The van der Waals surface area contributed by atoms with Gasteiger partial charge >= 0.3 is 0 Å². The Kier molecular flexibility index (Phi) is 7.60. The Bertz CT molecular complexity index is 2020. The second-order valence-corrected chi connectivity index (χ2v) is 9.91. The third-order valence-corrected chi connectivity index (χ3v) is 7.40. The largest absolute Gasteiger partial charge is 0.506 e. The number of phenols is 1. The molecule has 3 heterocycles. The minimum absolute atomic E-state index is 0. The molecule has 0 bridgehead atoms. The number of pyridine rings is 2. The van der Waals surface area contributed by atoms with E-state index in [-0.39, 0.29) is 26.8 Å². The van der Waals surface area contributed by atoms with Crippen molar-refractivity contribution in [2.45, 2.75) is 13.3 Å². The summed E-state index contributed by atoms with van der Waals surface area (Å²) in [6.07, 6.45) is 2.79. The van der Waals surface area contributed by atoms with Gasteiger partial charge in [0.1, 0.15) is 17.2 Å². The number of aromatic hydroxyl groups is 1. The molecule has 0 aliphatic heterocycles. The normalized spacial score (nSPS) is 11.0. The van der Waals surface area contributed by atoms with Crippen molar-refractivity contribution in [1.82, 2.24) is 14.5 Å². The molecule has 208 valence electrons. The summed E-state index contributed by atoms with van der Waals surface area (Å²) in [4.78, 5) is 12.0. The maximum atomic E-state index is 10.8. The maximum absolute atomic E-state index is 10.8. The van der Waals surface area contributed by atoms with Crippen molar-refractivity contribution in [3.8, 4) is 22.7 Å². The molecule has 7 aromatic rings. The van der Waals surface area contributed by atoms with Crippen LogP contribution in [0.2, 0.25) is 0 Å². The maximum Gasteiger partial charge on any atom is 0.139 e. The summed E-state index contributed by atoms with van der Waals surface area (Å²) < 4.78 is 2.03. The number of hydrogen-bond donors (Lipinski definition) is 1. The van der Waals surface area contributed by atoms with Crippen LogP contribution >= 0.6 is 0 Å². The van der Waals surface area contributed by atoms with Gasteiger partial charge in [0, 0.05) is 43.7 Å². The van der Waals surface area contributed by atoms with Crippen LogP contribution in [0.25, 0.3) is 38.9 Å². The zero-order valence-corrected chi connectivity index (χ0v) is 25.2. The summed E-state index contributed by atoms with van der Waals surface area (Å²) >= 11 is 0. The van der Waals surface area contributed by atoms with Crippen LogP contribution in [0.3, 0.4) is 0 Å². The van der Waals surface area contributed by atoms with E-state index in [1.54, 1.807) is 6.07 Å². The number of nitrogens with zero attached hydrogens (tertiary/aromatic N) is 4. The van der Waals surface area contributed by atoms with Crippen molar-refractivity contribution < 1.29 is 26.2 Å². The second-order valence-electron chi connectivity index (χ2n) is 9.91. The number of aryl methyl sites for hydroxylation is 1. The Morgan fingerprint density at radius 3 is 2.40 bits per heavy atom. The van der Waals surface area contributed by atoms with Gasteiger partial charge < -0.3 is 10.0 Å². The fraction of sp³-hybridized carbons (Fsp3) is 0.0556. The third kappa shape index (κ3) is 4.86. The minimum atomic E-state index is 0. The third-order valence-electron chi connectivity index (χ3n) is 7.40. The molecule has 0 spiro atoms. The van der Waals surface area contributed by atoms with Gasteiger partial charge in [-0.05, 0) is 65.8 Å². The molecule has 0 atom stereocenters. The molecule has 0 amide bonds. The Balaban J connectivity index is 0.00000316. The van der Waals surface area contributed by atoms with E-state index in [0.29, 0.717) is 5.69 Å². The molecular weight excluding hydrogens is 700 g/mol. The van der Waals surface area contributed by atoms with Gasteiger partial charge in [-0.1, -0.05) is 67.6 Å². The molecular formula is C36H27N4OPt-. The molecule has 1 N–H and O–H groups in total. The van der Waals surface area contributed by atoms with E-state index < -0.39 is 0 Å². The first kappa shape index (κ1) is 27.4. The Hall–Kier alpha value is -4.73. The van der Waals surface area contributed by atoms with E-state index in [2.05, 4.69) is 60.4 Å². The van der Waals surface area contributed by atoms with E-state index in [9.17, 15) is 5.11 Å². The zero-order chi connectivity index (χ0) is 27.8. The summed E-state index contributed by atoms with van der Waals surface area (Å²) in [5.41, 5.74) is 7.22. The Morgan fingerprint density at radius 1 is 0.786 bits per heavy atom. The molecule has 0 saturated heterocycles. The number of anilines is 3. The molecule has 6 heteroatoms. The van der Waals surface area contributed by atoms with Gasteiger partial charge in [0.15, 0.2) is 0 Å². The van der Waals surface area contributed by atoms with E-state index in [0.717, 1.165) is 56.8 Å². The summed E-state index contributed by atoms with van der Waals surface area (Å²) in [5, 5.41) is 12.9. The Morgan fingerprint density at radius 2 is 1.57 bits per heavy atom. The molecule has 0 unspecified atom stereocenters. The van der Waals surface area contributed by atoms with E-state index in [4.69, 9.17) is 9.97 Å². The molecule has 0 aliphatic carbocycles. The average molecular weight is 727 g/mol. The van der Waals surface area contributed by atoms with E-state index >= 15 is 0 Å². The first-order valence-corrected chi connectivity index (χ1v) is 13.7. The van der Waals surface area contributed by atoms with Crippen LogP contribution in [0.1, 0.15) is 12.5 Å². The number of fused-ring (bicyclic) bond motifs is 3. The SMILES string of the molecule is CCc1ccnc(N(c2[c-]c(-c3ccc4c5ccccc5n(-c5ccccc5O)c4n3)ccc2)c2ccccc2)c1.[Pt]. The number of rotatable bonds is 6. The fourth-order valence-corrected chi connectivity index (χ4v) is 5.40. The van der Waals surface area contributed by atoms with Gasteiger partial charge in [-0.2, -0.15) is 0 Å². The van der Waals surface area contributed by atoms with E-state index in [1.807, 2.05) is 83.6 Å². The summed E-state index contributed by atoms with van der Waals surface area (Å²) in [7, 11) is 0. The van der Waals surface area contributed by atoms with Crippen molar-refractivity contribution in [3.05, 3.63) is 139 Å². The standard InChI is InChI=1S/C36H27N4O.Pt/c1-2-25-21-22-37-35(23-25)39(27-12-4-3-5-13-27)28-14-10-11-26(24-28)31-20-19-30-29-15-6-7-16-32(29)40(36(30)38-31)33-17-8-9-18-34(33)41;/h3-23,41H,2H2,1H3;/q-1;. The van der Waals surface area contributed by atoms with Gasteiger partial charge in [-0.25, -0.2) is 4.98 Å². The number of phenolic OH excluding ortho intramolecular Hbond substituents is 1. The number of aromatic nitrogens is 3. The van der Waals surface area contributed by atoms with E-state index in [1.165, 1.54) is 5.56 Å². The summed E-state index contributed by atoms with van der Waals surface area (Å²) in [5.74, 6) is 1.04. The van der Waals surface area contributed by atoms with Crippen LogP contribution in [0.5, 0.6) is 5.75 Å². The average Bonchev–Trinajstić information content (AvgIpc) is 3.36. The smallest absolute Gasteiger partial charge is 0.139 e. The predicted octanol–water partition coefficient (Wildman–Crippen LogP) is 8.78. The summed E-state index contributed by atoms with van der Waals surface area (Å²) in [6.45, 7) is 2.15. The van der Waals surface area contributed by atoms with Crippen LogP contribution in [-0.2, 0) is 27.5 Å². The topological polar surface area (TPSA) is 54.2 Å². The van der Waals surface area contributed by atoms with Gasteiger partial charge in [0.05, 0.1) is 11.2 Å². The first-order valence-electron chi connectivity index (χ1n) is 13.7. The van der Waals surface area contributed by atoms with Gasteiger partial charge in [-0.15, -0.1) is 29.8 Å². The molecule has 0 fully saturated rings. The zero-order valence-electron chi connectivity index (χ0n) is 22.9. The molecule has 4 aromatic carbocycles. The number of hydrogen-bond acceptors (Lipinski definition) is 4. The van der Waals surface area contributed by atoms with Crippen LogP contribution in [0.15, 0.2) is 128 Å². The molecule has 0 aliphatic rings. The van der Waals surface area contributed by atoms with Crippen molar-refractivity contribution in [2.75, 3.05) is 4.90 Å². The summed E-state index contributed by atoms with van der Waals surface area (Å²) in [6, 6.07) is 43.9. The van der Waals surface area contributed by atoms with Crippen LogP contribution < -0.4 is 4.90 Å². The quantitative estimate of drug-likeness (QED) is 0.174. The minimum Gasteiger partial charge on any atom is -0.506 e. The molecule has 5 nitrogen and oxygen atoms in total. The Labute approximate surface area is 259 Å². The van der Waals surface area contributed by atoms with Crippen molar-refractivity contribution in [1.29, 1.82) is 0 Å². The molecule has 42 heavy (non-hydrogen) atoms.